The van der Waals surface area contributed by atoms with Gasteiger partial charge in [-0.1, -0.05) is 12.1 Å². The fourth-order valence-electron chi connectivity index (χ4n) is 2.79. The molecule has 7 nitrogen and oxygen atoms in total. The molecule has 3 aromatic rings. The first kappa shape index (κ1) is 20.7. The Morgan fingerprint density at radius 1 is 1.07 bits per heavy atom. The number of halogens is 2. The van der Waals surface area contributed by atoms with Crippen LogP contribution in [0.25, 0.3) is 0 Å². The quantitative estimate of drug-likeness (QED) is 0.570. The van der Waals surface area contributed by atoms with Crippen molar-refractivity contribution in [2.75, 3.05) is 26.6 Å². The molecule has 0 saturated heterocycles. The van der Waals surface area contributed by atoms with Gasteiger partial charge in [-0.2, -0.15) is 5.10 Å². The maximum Gasteiger partial charge on any atom is 0.260 e. The van der Waals surface area contributed by atoms with E-state index in [2.05, 4.69) is 26.3 Å². The molecule has 1 amide bonds. The van der Waals surface area contributed by atoms with E-state index in [0.717, 1.165) is 5.56 Å². The normalized spacial score (nSPS) is 10.5. The maximum atomic E-state index is 13.1. The largest absolute Gasteiger partial charge is 0.493 e. The van der Waals surface area contributed by atoms with E-state index >= 15 is 0 Å². The lowest BCUT2D eigenvalue weighted by atomic mass is 10.1. The van der Waals surface area contributed by atoms with E-state index in [4.69, 9.17) is 14.2 Å². The molecule has 9 heteroatoms. The van der Waals surface area contributed by atoms with Gasteiger partial charge in [-0.05, 0) is 45.8 Å². The van der Waals surface area contributed by atoms with Crippen molar-refractivity contribution in [3.63, 3.8) is 0 Å². The number of hydrogen-bond donors (Lipinski definition) is 1. The van der Waals surface area contributed by atoms with Gasteiger partial charge >= 0.3 is 0 Å². The second-order valence-electron chi connectivity index (χ2n) is 5.99. The molecule has 0 radical (unpaired) electrons. The molecule has 1 heterocycles. The van der Waals surface area contributed by atoms with Gasteiger partial charge in [0.2, 0.25) is 5.75 Å². The summed E-state index contributed by atoms with van der Waals surface area (Å²) < 4.78 is 31.2. The summed E-state index contributed by atoms with van der Waals surface area (Å²) in [6.07, 6.45) is 1.73. The van der Waals surface area contributed by atoms with E-state index in [9.17, 15) is 9.18 Å². The van der Waals surface area contributed by atoms with Crippen molar-refractivity contribution >= 4 is 27.7 Å². The summed E-state index contributed by atoms with van der Waals surface area (Å²) in [4.78, 5) is 12.8. The van der Waals surface area contributed by atoms with Crippen LogP contribution in [0.4, 0.5) is 10.2 Å². The molecule has 0 aliphatic rings. The number of amides is 1. The highest BCUT2D eigenvalue weighted by molar-refractivity contribution is 9.10. The molecule has 1 N–H and O–H groups in total. The Labute approximate surface area is 175 Å². The minimum Gasteiger partial charge on any atom is -0.493 e. The molecule has 152 valence electrons. The van der Waals surface area contributed by atoms with Crippen molar-refractivity contribution in [3.05, 3.63) is 64.0 Å². The van der Waals surface area contributed by atoms with Gasteiger partial charge in [0.1, 0.15) is 5.82 Å². The molecule has 0 aliphatic carbocycles. The summed E-state index contributed by atoms with van der Waals surface area (Å²) in [6, 6.07) is 9.34. The smallest absolute Gasteiger partial charge is 0.260 e. The molecule has 0 atom stereocenters. The Morgan fingerprint density at radius 2 is 1.76 bits per heavy atom. The third-order valence-electron chi connectivity index (χ3n) is 4.16. The van der Waals surface area contributed by atoms with Gasteiger partial charge in [0.15, 0.2) is 17.3 Å². The third kappa shape index (κ3) is 4.51. The Hall–Kier alpha value is -3.07. The second kappa shape index (κ2) is 8.95. The number of aromatic nitrogens is 2. The Balaban J connectivity index is 1.82. The van der Waals surface area contributed by atoms with Gasteiger partial charge < -0.3 is 19.5 Å². The summed E-state index contributed by atoms with van der Waals surface area (Å²) >= 11 is 3.40. The Kier molecular flexibility index (Phi) is 6.38. The SMILES string of the molecule is COc1ccc(C(=O)Nc2nn(Cc3ccc(F)cc3)cc2Br)c(OC)c1OC. The minimum absolute atomic E-state index is 0.256. The van der Waals surface area contributed by atoms with E-state index in [-0.39, 0.29) is 17.1 Å². The Morgan fingerprint density at radius 3 is 2.38 bits per heavy atom. The predicted molar refractivity (Wildman–Crippen MR) is 109 cm³/mol. The molecule has 3 rings (SSSR count). The third-order valence-corrected chi connectivity index (χ3v) is 4.74. The highest BCUT2D eigenvalue weighted by atomic mass is 79.9. The lowest BCUT2D eigenvalue weighted by Crippen LogP contribution is -2.15. The van der Waals surface area contributed by atoms with Crippen molar-refractivity contribution in [2.45, 2.75) is 6.54 Å². The summed E-state index contributed by atoms with van der Waals surface area (Å²) in [5, 5.41) is 7.12. The standard InChI is InChI=1S/C20H19BrFN3O4/c1-27-16-9-8-14(17(28-2)18(16)29-3)20(26)23-19-15(21)11-25(24-19)10-12-4-6-13(22)7-5-12/h4-9,11H,10H2,1-3H3,(H,23,24,26). The highest BCUT2D eigenvalue weighted by Crippen LogP contribution is 2.40. The highest BCUT2D eigenvalue weighted by Gasteiger charge is 2.22. The van der Waals surface area contributed by atoms with Crippen molar-refractivity contribution < 1.29 is 23.4 Å². The predicted octanol–water partition coefficient (Wildman–Crippen LogP) is 4.11. The first-order chi connectivity index (χ1) is 14.0. The van der Waals surface area contributed by atoms with Crippen molar-refractivity contribution in [3.8, 4) is 17.2 Å². The molecule has 2 aromatic carbocycles. The first-order valence-electron chi connectivity index (χ1n) is 8.54. The van der Waals surface area contributed by atoms with Crippen LogP contribution < -0.4 is 19.5 Å². The van der Waals surface area contributed by atoms with Crippen molar-refractivity contribution in [2.24, 2.45) is 0 Å². The molecule has 29 heavy (non-hydrogen) atoms. The zero-order chi connectivity index (χ0) is 21.0. The molecular formula is C20H19BrFN3O4. The van der Waals surface area contributed by atoms with Gasteiger partial charge in [-0.3, -0.25) is 9.48 Å². The van der Waals surface area contributed by atoms with E-state index in [1.807, 2.05) is 0 Å². The van der Waals surface area contributed by atoms with Crippen LogP contribution >= 0.6 is 15.9 Å². The molecule has 0 saturated carbocycles. The fourth-order valence-corrected chi connectivity index (χ4v) is 3.21. The van der Waals surface area contributed by atoms with E-state index < -0.39 is 5.91 Å². The molecule has 1 aromatic heterocycles. The van der Waals surface area contributed by atoms with Crippen LogP contribution in [0.1, 0.15) is 15.9 Å². The number of methoxy groups -OCH3 is 3. The summed E-state index contributed by atoms with van der Waals surface area (Å²) in [7, 11) is 4.42. The number of hydrogen-bond acceptors (Lipinski definition) is 5. The van der Waals surface area contributed by atoms with Gasteiger partial charge in [-0.25, -0.2) is 4.39 Å². The zero-order valence-corrected chi connectivity index (χ0v) is 17.6. The van der Waals surface area contributed by atoms with Gasteiger partial charge in [0, 0.05) is 6.20 Å². The molecule has 0 unspecified atom stereocenters. The average molecular weight is 464 g/mol. The van der Waals surface area contributed by atoms with E-state index in [1.54, 1.807) is 35.1 Å². The number of rotatable bonds is 7. The van der Waals surface area contributed by atoms with E-state index in [1.165, 1.54) is 33.5 Å². The molecule has 0 aliphatic heterocycles. The first-order valence-corrected chi connectivity index (χ1v) is 9.33. The second-order valence-corrected chi connectivity index (χ2v) is 6.84. The van der Waals surface area contributed by atoms with Gasteiger partial charge in [-0.15, -0.1) is 0 Å². The average Bonchev–Trinajstić information content (AvgIpc) is 3.06. The molecule has 0 spiro atoms. The number of nitrogens with one attached hydrogen (secondary N) is 1. The number of carbonyl (C=O) groups excluding carboxylic acids is 1. The topological polar surface area (TPSA) is 74.6 Å². The lowest BCUT2D eigenvalue weighted by molar-refractivity contribution is 0.102. The number of carbonyl (C=O) groups is 1. The molecule has 0 fully saturated rings. The van der Waals surface area contributed by atoms with Gasteiger partial charge in [0.25, 0.3) is 5.91 Å². The monoisotopic (exact) mass is 463 g/mol. The van der Waals surface area contributed by atoms with Crippen LogP contribution in [0, 0.1) is 5.82 Å². The fraction of sp³-hybridized carbons (Fsp3) is 0.200. The van der Waals surface area contributed by atoms with E-state index in [0.29, 0.717) is 28.3 Å². The maximum absolute atomic E-state index is 13.1. The van der Waals surface area contributed by atoms with Crippen LogP contribution in [0.15, 0.2) is 47.1 Å². The van der Waals surface area contributed by atoms with Crippen molar-refractivity contribution in [1.82, 2.24) is 9.78 Å². The van der Waals surface area contributed by atoms with Crippen LogP contribution in [0.2, 0.25) is 0 Å². The van der Waals surface area contributed by atoms with Crippen LogP contribution in [-0.4, -0.2) is 37.0 Å². The van der Waals surface area contributed by atoms with Crippen LogP contribution in [0.5, 0.6) is 17.2 Å². The van der Waals surface area contributed by atoms with Crippen molar-refractivity contribution in [1.29, 1.82) is 0 Å². The Bertz CT molecular complexity index is 1020. The van der Waals surface area contributed by atoms with Gasteiger partial charge in [0.05, 0.1) is 37.9 Å². The number of nitrogens with zero attached hydrogens (tertiary/aromatic N) is 2. The molecular weight excluding hydrogens is 445 g/mol. The van der Waals surface area contributed by atoms with Crippen LogP contribution in [-0.2, 0) is 6.54 Å². The molecule has 0 bridgehead atoms. The minimum atomic E-state index is -0.421. The summed E-state index contributed by atoms with van der Waals surface area (Å²) in [5.41, 5.74) is 1.14. The number of benzene rings is 2. The summed E-state index contributed by atoms with van der Waals surface area (Å²) in [5.74, 6) is 0.650. The van der Waals surface area contributed by atoms with Crippen LogP contribution in [0.3, 0.4) is 0 Å². The zero-order valence-electron chi connectivity index (χ0n) is 16.0. The number of ether oxygens (including phenoxy) is 3. The lowest BCUT2D eigenvalue weighted by Gasteiger charge is -2.15. The summed E-state index contributed by atoms with van der Waals surface area (Å²) in [6.45, 7) is 0.425. The number of anilines is 1.